The molecule has 112 valence electrons. The highest BCUT2D eigenvalue weighted by Crippen LogP contribution is 2.29. The molecule has 0 saturated carbocycles. The van der Waals surface area contributed by atoms with E-state index in [0.717, 1.165) is 38.2 Å². The predicted molar refractivity (Wildman–Crippen MR) is 89.5 cm³/mol. The largest absolute Gasteiger partial charge is 0.370 e. The molecule has 0 radical (unpaired) electrons. The number of amides is 1. The highest BCUT2D eigenvalue weighted by atomic mass is 16.2. The lowest BCUT2D eigenvalue weighted by atomic mass is 10.2. The van der Waals surface area contributed by atoms with Gasteiger partial charge in [-0.05, 0) is 36.1 Å². The molecule has 0 saturated heterocycles. The molecule has 0 N–H and O–H groups in total. The van der Waals surface area contributed by atoms with Crippen LogP contribution in [-0.4, -0.2) is 25.5 Å². The van der Waals surface area contributed by atoms with Crippen LogP contribution >= 0.6 is 0 Å². The number of carbonyl (C=O) groups excluding carboxylic acids is 1. The number of carbonyl (C=O) groups is 1. The van der Waals surface area contributed by atoms with Gasteiger partial charge in [-0.1, -0.05) is 36.4 Å². The summed E-state index contributed by atoms with van der Waals surface area (Å²) < 4.78 is 0. The number of benzene rings is 2. The summed E-state index contributed by atoms with van der Waals surface area (Å²) in [6, 6.07) is 16.8. The van der Waals surface area contributed by atoms with Crippen LogP contribution in [0.3, 0.4) is 0 Å². The van der Waals surface area contributed by atoms with E-state index >= 15 is 0 Å². The van der Waals surface area contributed by atoms with Gasteiger partial charge in [0.05, 0.1) is 0 Å². The van der Waals surface area contributed by atoms with E-state index < -0.39 is 0 Å². The second-order valence-electron chi connectivity index (χ2n) is 6.04. The third kappa shape index (κ3) is 2.27. The van der Waals surface area contributed by atoms with E-state index in [1.54, 1.807) is 0 Å². The molecule has 3 nitrogen and oxygen atoms in total. The van der Waals surface area contributed by atoms with Crippen LogP contribution in [0, 0.1) is 0 Å². The van der Waals surface area contributed by atoms with Gasteiger partial charge in [-0.25, -0.2) is 0 Å². The fourth-order valence-corrected chi connectivity index (χ4v) is 3.60. The Bertz CT molecular complexity index is 710. The Kier molecular flexibility index (Phi) is 3.34. The molecular formula is C19H20N2O. The number of rotatable bonds is 3. The van der Waals surface area contributed by atoms with Crippen LogP contribution in [-0.2, 0) is 17.6 Å². The van der Waals surface area contributed by atoms with Crippen LogP contribution in [0.4, 0.5) is 11.4 Å². The molecular weight excluding hydrogens is 272 g/mol. The smallest absolute Gasteiger partial charge is 0.228 e. The fourth-order valence-electron chi connectivity index (χ4n) is 3.60. The molecule has 0 aliphatic carbocycles. The molecule has 0 bridgehead atoms. The van der Waals surface area contributed by atoms with Crippen molar-refractivity contribution in [1.29, 1.82) is 0 Å². The molecule has 3 heteroatoms. The first kappa shape index (κ1) is 13.4. The van der Waals surface area contributed by atoms with Gasteiger partial charge in [0.1, 0.15) is 0 Å². The van der Waals surface area contributed by atoms with Gasteiger partial charge in [0.2, 0.25) is 5.91 Å². The molecule has 2 aromatic carbocycles. The van der Waals surface area contributed by atoms with Crippen LogP contribution in [0.2, 0.25) is 0 Å². The zero-order valence-electron chi connectivity index (χ0n) is 12.7. The van der Waals surface area contributed by atoms with Crippen molar-refractivity contribution in [2.45, 2.75) is 19.3 Å². The Morgan fingerprint density at radius 3 is 2.32 bits per heavy atom. The van der Waals surface area contributed by atoms with Crippen molar-refractivity contribution < 1.29 is 4.79 Å². The van der Waals surface area contributed by atoms with E-state index in [1.807, 2.05) is 17.0 Å². The molecule has 22 heavy (non-hydrogen) atoms. The Morgan fingerprint density at radius 2 is 1.50 bits per heavy atom. The Morgan fingerprint density at radius 1 is 0.864 bits per heavy atom. The molecule has 2 aliphatic heterocycles. The van der Waals surface area contributed by atoms with Gasteiger partial charge in [-0.2, -0.15) is 0 Å². The van der Waals surface area contributed by atoms with Crippen LogP contribution in [0.25, 0.3) is 0 Å². The van der Waals surface area contributed by atoms with E-state index in [1.165, 1.54) is 16.8 Å². The summed E-state index contributed by atoms with van der Waals surface area (Å²) in [6.07, 6.45) is 2.66. The van der Waals surface area contributed by atoms with Crippen LogP contribution in [0.15, 0.2) is 48.5 Å². The fraction of sp³-hybridized carbons (Fsp3) is 0.316. The maximum absolute atomic E-state index is 12.6. The molecule has 2 heterocycles. The third-order valence-electron chi connectivity index (χ3n) is 4.77. The zero-order valence-corrected chi connectivity index (χ0v) is 12.7. The summed E-state index contributed by atoms with van der Waals surface area (Å²) in [5.74, 6) is 0.245. The first-order chi connectivity index (χ1) is 10.8. The zero-order chi connectivity index (χ0) is 14.9. The topological polar surface area (TPSA) is 23.6 Å². The van der Waals surface area contributed by atoms with Crippen LogP contribution in [0.1, 0.15) is 17.5 Å². The van der Waals surface area contributed by atoms with Gasteiger partial charge >= 0.3 is 0 Å². The Balaban J connectivity index is 1.42. The predicted octanol–water partition coefficient (Wildman–Crippen LogP) is 3.03. The molecule has 0 unspecified atom stereocenters. The van der Waals surface area contributed by atoms with Crippen molar-refractivity contribution >= 4 is 17.3 Å². The molecule has 0 spiro atoms. The molecule has 2 aromatic rings. The molecule has 0 atom stereocenters. The summed E-state index contributed by atoms with van der Waals surface area (Å²) in [5, 5.41) is 0. The third-order valence-corrected chi connectivity index (χ3v) is 4.77. The van der Waals surface area contributed by atoms with E-state index in [9.17, 15) is 4.79 Å². The minimum atomic E-state index is 0.245. The molecule has 1 amide bonds. The van der Waals surface area contributed by atoms with Gasteiger partial charge in [0.15, 0.2) is 0 Å². The average Bonchev–Trinajstić information content (AvgIpc) is 3.17. The quantitative estimate of drug-likeness (QED) is 0.868. The molecule has 2 aliphatic rings. The number of para-hydroxylation sites is 2. The monoisotopic (exact) mass is 292 g/mol. The van der Waals surface area contributed by atoms with Gasteiger partial charge in [-0.3, -0.25) is 4.79 Å². The number of anilines is 2. The van der Waals surface area contributed by atoms with Gasteiger partial charge in [0, 0.05) is 37.4 Å². The van der Waals surface area contributed by atoms with Crippen LogP contribution < -0.4 is 9.80 Å². The summed E-state index contributed by atoms with van der Waals surface area (Å²) in [6.45, 7) is 2.67. The van der Waals surface area contributed by atoms with Crippen molar-refractivity contribution in [2.24, 2.45) is 0 Å². The van der Waals surface area contributed by atoms with Gasteiger partial charge < -0.3 is 9.80 Å². The lowest BCUT2D eigenvalue weighted by molar-refractivity contribution is -0.118. The molecule has 4 rings (SSSR count). The molecule has 0 aromatic heterocycles. The SMILES string of the molecule is O=C(CCN1CCc2ccccc21)N1CCc2ccccc21. The summed E-state index contributed by atoms with van der Waals surface area (Å²) in [7, 11) is 0. The van der Waals surface area contributed by atoms with Gasteiger partial charge in [0.25, 0.3) is 0 Å². The van der Waals surface area contributed by atoms with Crippen molar-refractivity contribution in [2.75, 3.05) is 29.4 Å². The van der Waals surface area contributed by atoms with E-state index in [0.29, 0.717) is 6.42 Å². The maximum Gasteiger partial charge on any atom is 0.228 e. The Labute approximate surface area is 131 Å². The van der Waals surface area contributed by atoms with Crippen molar-refractivity contribution in [3.8, 4) is 0 Å². The highest BCUT2D eigenvalue weighted by molar-refractivity contribution is 5.95. The summed E-state index contributed by atoms with van der Waals surface area (Å²) >= 11 is 0. The van der Waals surface area contributed by atoms with E-state index in [4.69, 9.17) is 0 Å². The number of hydrogen-bond donors (Lipinski definition) is 0. The minimum absolute atomic E-state index is 0.245. The minimum Gasteiger partial charge on any atom is -0.370 e. The van der Waals surface area contributed by atoms with E-state index in [-0.39, 0.29) is 5.91 Å². The standard InChI is InChI=1S/C19H20N2O/c22-19(21-14-10-16-6-2-4-8-18(16)21)11-13-20-12-9-15-5-1-3-7-17(15)20/h1-8H,9-14H2. The first-order valence-electron chi connectivity index (χ1n) is 8.04. The molecule has 0 fully saturated rings. The second kappa shape index (κ2) is 5.48. The van der Waals surface area contributed by atoms with Gasteiger partial charge in [-0.15, -0.1) is 0 Å². The summed E-state index contributed by atoms with van der Waals surface area (Å²) in [5.41, 5.74) is 5.11. The second-order valence-corrected chi connectivity index (χ2v) is 6.04. The van der Waals surface area contributed by atoms with Crippen molar-refractivity contribution in [3.63, 3.8) is 0 Å². The van der Waals surface area contributed by atoms with E-state index in [2.05, 4.69) is 41.3 Å². The van der Waals surface area contributed by atoms with Crippen LogP contribution in [0.5, 0.6) is 0 Å². The number of hydrogen-bond acceptors (Lipinski definition) is 2. The number of fused-ring (bicyclic) bond motifs is 2. The maximum atomic E-state index is 12.6. The number of nitrogens with zero attached hydrogens (tertiary/aromatic N) is 2. The lowest BCUT2D eigenvalue weighted by Crippen LogP contribution is -2.33. The normalized spacial score (nSPS) is 15.8. The average molecular weight is 292 g/mol. The Hall–Kier alpha value is -2.29. The van der Waals surface area contributed by atoms with Crippen molar-refractivity contribution in [3.05, 3.63) is 59.7 Å². The summed E-state index contributed by atoms with van der Waals surface area (Å²) in [4.78, 5) is 16.9. The highest BCUT2D eigenvalue weighted by Gasteiger charge is 2.25. The first-order valence-corrected chi connectivity index (χ1v) is 8.04. The lowest BCUT2D eigenvalue weighted by Gasteiger charge is -2.22. The van der Waals surface area contributed by atoms with Crippen molar-refractivity contribution in [1.82, 2.24) is 0 Å².